The number of nitrogens with zero attached hydrogens (tertiary/aromatic N) is 2. The maximum Gasteiger partial charge on any atom is 0.137 e. The van der Waals surface area contributed by atoms with Gasteiger partial charge in [-0.2, -0.15) is 0 Å². The van der Waals surface area contributed by atoms with Crippen LogP contribution in [0.25, 0.3) is 33.3 Å². The molecule has 2 aromatic carbocycles. The Morgan fingerprint density at radius 2 is 1.79 bits per heavy atom. The number of pyridine rings is 1. The van der Waals surface area contributed by atoms with Crippen LogP contribution < -0.4 is 5.32 Å². The van der Waals surface area contributed by atoms with E-state index in [0.717, 1.165) is 30.7 Å². The lowest BCUT2D eigenvalue weighted by molar-refractivity contribution is 0.402. The van der Waals surface area contributed by atoms with E-state index < -0.39 is 0 Å². The van der Waals surface area contributed by atoms with Crippen molar-refractivity contribution in [2.75, 3.05) is 26.0 Å². The van der Waals surface area contributed by atoms with E-state index in [0.29, 0.717) is 0 Å². The molecule has 0 unspecified atom stereocenters. The Kier molecular flexibility index (Phi) is 4.14. The molecule has 0 amide bonds. The summed E-state index contributed by atoms with van der Waals surface area (Å²) in [6.07, 6.45) is 5.12. The second-order valence-corrected chi connectivity index (χ2v) is 7.81. The minimum Gasteiger partial charge on any atom is -0.384 e. The predicted octanol–water partition coefficient (Wildman–Crippen LogP) is 4.93. The van der Waals surface area contributed by atoms with Crippen LogP contribution in [-0.2, 0) is 13.0 Å². The van der Waals surface area contributed by atoms with Gasteiger partial charge in [-0.15, -0.1) is 0 Å². The first-order valence-electron chi connectivity index (χ1n) is 9.76. The molecule has 1 aliphatic rings. The molecule has 0 saturated heterocycles. The largest absolute Gasteiger partial charge is 0.384 e. The highest BCUT2D eigenvalue weighted by atomic mass is 15.0. The molecule has 2 N–H and O–H groups in total. The van der Waals surface area contributed by atoms with Crippen LogP contribution in [0.4, 0.5) is 5.69 Å². The summed E-state index contributed by atoms with van der Waals surface area (Å²) >= 11 is 0. The maximum absolute atomic E-state index is 4.67. The van der Waals surface area contributed by atoms with Crippen LogP contribution in [0.15, 0.2) is 60.9 Å². The summed E-state index contributed by atoms with van der Waals surface area (Å²) in [6.45, 7) is 1.98. The van der Waals surface area contributed by atoms with Gasteiger partial charge in [-0.3, -0.25) is 0 Å². The highest BCUT2D eigenvalue weighted by Gasteiger charge is 2.14. The Labute approximate surface area is 165 Å². The van der Waals surface area contributed by atoms with E-state index in [2.05, 4.69) is 89.0 Å². The molecule has 0 saturated carbocycles. The molecule has 0 radical (unpaired) electrons. The number of H-pyrrole nitrogens is 1. The van der Waals surface area contributed by atoms with Crippen LogP contribution in [0.3, 0.4) is 0 Å². The predicted molar refractivity (Wildman–Crippen MR) is 117 cm³/mol. The fraction of sp³-hybridized carbons (Fsp3) is 0.208. The summed E-state index contributed by atoms with van der Waals surface area (Å²) in [6, 6.07) is 17.7. The Bertz CT molecular complexity index is 1140. The number of nitrogens with one attached hydrogen (secondary N) is 2. The quantitative estimate of drug-likeness (QED) is 0.537. The molecule has 0 spiro atoms. The van der Waals surface area contributed by atoms with Gasteiger partial charge in [0.05, 0.1) is 0 Å². The van der Waals surface area contributed by atoms with E-state index in [1.54, 1.807) is 0 Å². The van der Waals surface area contributed by atoms with Crippen LogP contribution in [0.1, 0.15) is 11.1 Å². The first-order valence-corrected chi connectivity index (χ1v) is 9.76. The molecule has 2 aromatic heterocycles. The average Bonchev–Trinajstić information content (AvgIpc) is 3.33. The van der Waals surface area contributed by atoms with Gasteiger partial charge in [0.25, 0.3) is 0 Å². The van der Waals surface area contributed by atoms with E-state index in [1.807, 2.05) is 6.20 Å². The Hall–Kier alpha value is -3.11. The van der Waals surface area contributed by atoms with Crippen molar-refractivity contribution < 1.29 is 0 Å². The van der Waals surface area contributed by atoms with Crippen LogP contribution in [0.2, 0.25) is 0 Å². The third kappa shape index (κ3) is 3.06. The fourth-order valence-corrected chi connectivity index (χ4v) is 4.04. The minimum atomic E-state index is 0.932. The van der Waals surface area contributed by atoms with Crippen molar-refractivity contribution in [1.82, 2.24) is 14.9 Å². The molecular formula is C24H24N4. The number of hydrogen-bond donors (Lipinski definition) is 2. The number of aromatic amines is 1. The zero-order valence-electron chi connectivity index (χ0n) is 16.3. The van der Waals surface area contributed by atoms with Gasteiger partial charge in [-0.25, -0.2) is 4.98 Å². The second-order valence-electron chi connectivity index (χ2n) is 7.81. The molecule has 0 atom stereocenters. The zero-order valence-corrected chi connectivity index (χ0v) is 16.3. The van der Waals surface area contributed by atoms with Crippen LogP contribution >= 0.6 is 0 Å². The number of anilines is 1. The molecule has 0 fully saturated rings. The van der Waals surface area contributed by atoms with E-state index in [4.69, 9.17) is 0 Å². The number of benzene rings is 2. The molecule has 4 heteroatoms. The molecule has 5 rings (SSSR count). The molecule has 0 aliphatic carbocycles. The zero-order chi connectivity index (χ0) is 19.1. The Balaban J connectivity index is 1.53. The molecule has 3 heterocycles. The normalized spacial score (nSPS) is 13.1. The smallest absolute Gasteiger partial charge is 0.137 e. The molecule has 1 aliphatic heterocycles. The topological polar surface area (TPSA) is 44.0 Å². The van der Waals surface area contributed by atoms with Gasteiger partial charge in [-0.1, -0.05) is 30.3 Å². The van der Waals surface area contributed by atoms with Gasteiger partial charge in [0.2, 0.25) is 0 Å². The van der Waals surface area contributed by atoms with Gasteiger partial charge in [-0.05, 0) is 61.0 Å². The molecule has 140 valence electrons. The number of fused-ring (bicyclic) bond motifs is 2. The third-order valence-electron chi connectivity index (χ3n) is 5.44. The highest BCUT2D eigenvalue weighted by Crippen LogP contribution is 2.34. The first kappa shape index (κ1) is 17.0. The average molecular weight is 368 g/mol. The number of aromatic nitrogens is 2. The molecule has 28 heavy (non-hydrogen) atoms. The van der Waals surface area contributed by atoms with Crippen molar-refractivity contribution in [1.29, 1.82) is 0 Å². The molecule has 4 aromatic rings. The summed E-state index contributed by atoms with van der Waals surface area (Å²) < 4.78 is 0. The van der Waals surface area contributed by atoms with Crippen LogP contribution in [-0.4, -0.2) is 35.5 Å². The Morgan fingerprint density at radius 1 is 0.964 bits per heavy atom. The maximum atomic E-state index is 4.67. The summed E-state index contributed by atoms with van der Waals surface area (Å²) in [5.74, 6) is 0. The monoisotopic (exact) mass is 368 g/mol. The van der Waals surface area contributed by atoms with E-state index in [-0.39, 0.29) is 0 Å². The van der Waals surface area contributed by atoms with E-state index in [1.165, 1.54) is 38.9 Å². The standard InChI is InChI=1S/C24H24N4/c1-28(2)15-16-3-5-17(6-4-16)20-12-21-22(14-27-24(21)26-13-20)18-7-8-23-19(11-18)9-10-25-23/h3-8,11-14,25H,9-10,15H2,1-2H3,(H,26,27). The summed E-state index contributed by atoms with van der Waals surface area (Å²) in [5, 5.41) is 4.60. The Morgan fingerprint density at radius 3 is 2.61 bits per heavy atom. The van der Waals surface area contributed by atoms with Gasteiger partial charge in [0.15, 0.2) is 0 Å². The van der Waals surface area contributed by atoms with Crippen molar-refractivity contribution in [3.8, 4) is 22.3 Å². The molecular weight excluding hydrogens is 344 g/mol. The van der Waals surface area contributed by atoms with Crippen molar-refractivity contribution in [2.24, 2.45) is 0 Å². The van der Waals surface area contributed by atoms with Crippen molar-refractivity contribution in [3.63, 3.8) is 0 Å². The van der Waals surface area contributed by atoms with Crippen LogP contribution in [0.5, 0.6) is 0 Å². The summed E-state index contributed by atoms with van der Waals surface area (Å²) in [4.78, 5) is 10.2. The lowest BCUT2D eigenvalue weighted by Gasteiger charge is -2.10. The summed E-state index contributed by atoms with van der Waals surface area (Å²) in [7, 11) is 4.18. The lowest BCUT2D eigenvalue weighted by atomic mass is 9.99. The number of hydrogen-bond acceptors (Lipinski definition) is 3. The van der Waals surface area contributed by atoms with Gasteiger partial charge in [0, 0.05) is 47.7 Å². The van der Waals surface area contributed by atoms with Gasteiger partial charge in [0.1, 0.15) is 5.65 Å². The molecule has 0 bridgehead atoms. The first-order chi connectivity index (χ1) is 13.7. The molecule has 4 nitrogen and oxygen atoms in total. The third-order valence-corrected chi connectivity index (χ3v) is 5.44. The van der Waals surface area contributed by atoms with Crippen molar-refractivity contribution >= 4 is 16.7 Å². The van der Waals surface area contributed by atoms with Crippen molar-refractivity contribution in [3.05, 3.63) is 72.1 Å². The van der Waals surface area contributed by atoms with Gasteiger partial charge < -0.3 is 15.2 Å². The van der Waals surface area contributed by atoms with E-state index >= 15 is 0 Å². The van der Waals surface area contributed by atoms with E-state index in [9.17, 15) is 0 Å². The lowest BCUT2D eigenvalue weighted by Crippen LogP contribution is -2.10. The highest BCUT2D eigenvalue weighted by molar-refractivity contribution is 5.96. The SMILES string of the molecule is CN(C)Cc1ccc(-c2cnc3[nH]cc(-c4ccc5c(c4)CCN5)c3c2)cc1. The minimum absolute atomic E-state index is 0.932. The van der Waals surface area contributed by atoms with Gasteiger partial charge >= 0.3 is 0 Å². The van der Waals surface area contributed by atoms with Crippen LogP contribution in [0, 0.1) is 0 Å². The fourth-order valence-electron chi connectivity index (χ4n) is 4.04. The number of rotatable bonds is 4. The second kappa shape index (κ2) is 6.80. The van der Waals surface area contributed by atoms with Crippen molar-refractivity contribution in [2.45, 2.75) is 13.0 Å². The summed E-state index contributed by atoms with van der Waals surface area (Å²) in [5.41, 5.74) is 9.71.